The lowest BCUT2D eigenvalue weighted by Crippen LogP contribution is -2.01. The lowest BCUT2D eigenvalue weighted by atomic mass is 10.0. The highest BCUT2D eigenvalue weighted by atomic mass is 15.5. The summed E-state index contributed by atoms with van der Waals surface area (Å²) in [7, 11) is 0. The number of aryl methyl sites for hydroxylation is 2. The number of anilines is 1. The standard InChI is InChI=1S/C15H15N5/c1-10-8-11(2)14(16)9-13(10)15-17-18-19-20(15)12-6-4-3-5-7-12/h3-9H,16H2,1-2H3. The monoisotopic (exact) mass is 265 g/mol. The van der Waals surface area contributed by atoms with Crippen LogP contribution in [0.3, 0.4) is 0 Å². The highest BCUT2D eigenvalue weighted by Gasteiger charge is 2.14. The predicted octanol–water partition coefficient (Wildman–Crippen LogP) is 2.53. The maximum atomic E-state index is 6.01. The lowest BCUT2D eigenvalue weighted by molar-refractivity contribution is 0.791. The van der Waals surface area contributed by atoms with Crippen molar-refractivity contribution in [1.29, 1.82) is 0 Å². The van der Waals surface area contributed by atoms with Crippen molar-refractivity contribution in [2.75, 3.05) is 5.73 Å². The van der Waals surface area contributed by atoms with Gasteiger partial charge in [0.2, 0.25) is 0 Å². The molecule has 0 aliphatic heterocycles. The summed E-state index contributed by atoms with van der Waals surface area (Å²) in [5, 5.41) is 12.0. The van der Waals surface area contributed by atoms with Crippen LogP contribution in [0.25, 0.3) is 17.1 Å². The molecule has 3 rings (SSSR count). The van der Waals surface area contributed by atoms with Gasteiger partial charge in [0.15, 0.2) is 5.82 Å². The maximum Gasteiger partial charge on any atom is 0.187 e. The molecule has 0 saturated heterocycles. The van der Waals surface area contributed by atoms with Gasteiger partial charge in [0.1, 0.15) is 0 Å². The topological polar surface area (TPSA) is 69.6 Å². The molecule has 3 aromatic rings. The van der Waals surface area contributed by atoms with Crippen LogP contribution in [0.4, 0.5) is 5.69 Å². The number of para-hydroxylation sites is 1. The Bertz CT molecular complexity index is 746. The van der Waals surface area contributed by atoms with E-state index in [1.807, 2.05) is 50.2 Å². The third kappa shape index (κ3) is 2.03. The average Bonchev–Trinajstić information content (AvgIpc) is 2.93. The molecule has 5 heteroatoms. The van der Waals surface area contributed by atoms with E-state index >= 15 is 0 Å². The SMILES string of the molecule is Cc1cc(C)c(-c2nnnn2-c2ccccc2)cc1N. The second-order valence-electron chi connectivity index (χ2n) is 4.77. The molecule has 0 saturated carbocycles. The number of nitrogen functional groups attached to an aromatic ring is 1. The number of hydrogen-bond donors (Lipinski definition) is 1. The summed E-state index contributed by atoms with van der Waals surface area (Å²) in [6, 6.07) is 13.8. The number of benzene rings is 2. The van der Waals surface area contributed by atoms with Crippen LogP contribution in [0.15, 0.2) is 42.5 Å². The zero-order valence-corrected chi connectivity index (χ0v) is 11.4. The van der Waals surface area contributed by atoms with Crippen molar-refractivity contribution < 1.29 is 0 Å². The molecule has 2 aromatic carbocycles. The van der Waals surface area contributed by atoms with Crippen LogP contribution in [0.5, 0.6) is 0 Å². The summed E-state index contributed by atoms with van der Waals surface area (Å²) >= 11 is 0. The first-order valence-corrected chi connectivity index (χ1v) is 6.37. The van der Waals surface area contributed by atoms with Gasteiger partial charge in [0, 0.05) is 11.3 Å². The zero-order chi connectivity index (χ0) is 14.1. The fraction of sp³-hybridized carbons (Fsp3) is 0.133. The molecule has 1 aromatic heterocycles. The fourth-order valence-electron chi connectivity index (χ4n) is 2.21. The normalized spacial score (nSPS) is 10.7. The minimum absolute atomic E-state index is 0.695. The van der Waals surface area contributed by atoms with Gasteiger partial charge < -0.3 is 5.73 Å². The molecule has 0 unspecified atom stereocenters. The van der Waals surface area contributed by atoms with Crippen molar-refractivity contribution >= 4 is 5.69 Å². The number of rotatable bonds is 2. The van der Waals surface area contributed by atoms with E-state index in [0.717, 1.165) is 28.1 Å². The van der Waals surface area contributed by atoms with E-state index in [2.05, 4.69) is 21.6 Å². The molecule has 5 nitrogen and oxygen atoms in total. The molecule has 100 valence electrons. The quantitative estimate of drug-likeness (QED) is 0.723. The number of aromatic nitrogens is 4. The van der Waals surface area contributed by atoms with Crippen LogP contribution in [-0.4, -0.2) is 20.2 Å². The Balaban J connectivity index is 2.18. The van der Waals surface area contributed by atoms with Crippen molar-refractivity contribution in [3.05, 3.63) is 53.6 Å². The van der Waals surface area contributed by atoms with E-state index in [-0.39, 0.29) is 0 Å². The Morgan fingerprint density at radius 2 is 1.75 bits per heavy atom. The summed E-state index contributed by atoms with van der Waals surface area (Å²) in [6.45, 7) is 4.03. The highest BCUT2D eigenvalue weighted by Crippen LogP contribution is 2.27. The first kappa shape index (κ1) is 12.3. The Kier molecular flexibility index (Phi) is 2.95. The Morgan fingerprint density at radius 3 is 2.50 bits per heavy atom. The minimum Gasteiger partial charge on any atom is -0.398 e. The average molecular weight is 265 g/mol. The molecule has 1 heterocycles. The molecule has 0 fully saturated rings. The molecule has 0 radical (unpaired) electrons. The molecule has 0 spiro atoms. The second-order valence-corrected chi connectivity index (χ2v) is 4.77. The Hall–Kier alpha value is -2.69. The second kappa shape index (κ2) is 4.77. The van der Waals surface area contributed by atoms with E-state index in [9.17, 15) is 0 Å². The minimum atomic E-state index is 0.695. The van der Waals surface area contributed by atoms with Gasteiger partial charge in [-0.15, -0.1) is 5.10 Å². The fourth-order valence-corrected chi connectivity index (χ4v) is 2.21. The van der Waals surface area contributed by atoms with Gasteiger partial charge in [-0.1, -0.05) is 24.3 Å². The smallest absolute Gasteiger partial charge is 0.187 e. The van der Waals surface area contributed by atoms with Gasteiger partial charge in [-0.3, -0.25) is 0 Å². The number of hydrogen-bond acceptors (Lipinski definition) is 4. The van der Waals surface area contributed by atoms with Gasteiger partial charge >= 0.3 is 0 Å². The summed E-state index contributed by atoms with van der Waals surface area (Å²) < 4.78 is 1.72. The molecule has 0 amide bonds. The molecule has 0 aliphatic rings. The summed E-state index contributed by atoms with van der Waals surface area (Å²) in [5.41, 5.74) is 10.8. The summed E-state index contributed by atoms with van der Waals surface area (Å²) in [6.07, 6.45) is 0. The van der Waals surface area contributed by atoms with Crippen molar-refractivity contribution in [2.45, 2.75) is 13.8 Å². The van der Waals surface area contributed by atoms with Gasteiger partial charge in [0.25, 0.3) is 0 Å². The van der Waals surface area contributed by atoms with Gasteiger partial charge in [-0.05, 0) is 53.6 Å². The summed E-state index contributed by atoms with van der Waals surface area (Å²) in [4.78, 5) is 0. The van der Waals surface area contributed by atoms with Crippen LogP contribution in [-0.2, 0) is 0 Å². The van der Waals surface area contributed by atoms with Crippen molar-refractivity contribution in [3.63, 3.8) is 0 Å². The molecule has 20 heavy (non-hydrogen) atoms. The van der Waals surface area contributed by atoms with E-state index in [1.165, 1.54) is 0 Å². The third-order valence-electron chi connectivity index (χ3n) is 3.32. The van der Waals surface area contributed by atoms with E-state index in [1.54, 1.807) is 4.68 Å². The Labute approximate surface area is 117 Å². The van der Waals surface area contributed by atoms with E-state index < -0.39 is 0 Å². The Morgan fingerprint density at radius 1 is 1.00 bits per heavy atom. The van der Waals surface area contributed by atoms with Gasteiger partial charge in [0.05, 0.1) is 5.69 Å². The zero-order valence-electron chi connectivity index (χ0n) is 11.4. The van der Waals surface area contributed by atoms with Crippen LogP contribution in [0, 0.1) is 13.8 Å². The van der Waals surface area contributed by atoms with E-state index in [4.69, 9.17) is 5.73 Å². The van der Waals surface area contributed by atoms with Crippen LogP contribution in [0.1, 0.15) is 11.1 Å². The van der Waals surface area contributed by atoms with Crippen LogP contribution >= 0.6 is 0 Å². The van der Waals surface area contributed by atoms with Gasteiger partial charge in [-0.25, -0.2) is 0 Å². The van der Waals surface area contributed by atoms with Crippen molar-refractivity contribution in [2.24, 2.45) is 0 Å². The number of tetrazole rings is 1. The predicted molar refractivity (Wildman–Crippen MR) is 78.5 cm³/mol. The maximum absolute atomic E-state index is 6.01. The first-order chi connectivity index (χ1) is 9.66. The molecule has 0 atom stereocenters. The van der Waals surface area contributed by atoms with Crippen LogP contribution in [0.2, 0.25) is 0 Å². The third-order valence-corrected chi connectivity index (χ3v) is 3.32. The largest absolute Gasteiger partial charge is 0.398 e. The van der Waals surface area contributed by atoms with E-state index in [0.29, 0.717) is 5.82 Å². The molecular formula is C15H15N5. The molecule has 0 bridgehead atoms. The molecular weight excluding hydrogens is 250 g/mol. The van der Waals surface area contributed by atoms with Crippen molar-refractivity contribution in [1.82, 2.24) is 20.2 Å². The summed E-state index contributed by atoms with van der Waals surface area (Å²) in [5.74, 6) is 0.695. The molecule has 0 aliphatic carbocycles. The number of nitrogens with two attached hydrogens (primary N) is 1. The number of nitrogens with zero attached hydrogens (tertiary/aromatic N) is 4. The lowest BCUT2D eigenvalue weighted by Gasteiger charge is -2.09. The first-order valence-electron chi connectivity index (χ1n) is 6.37. The van der Waals surface area contributed by atoms with Crippen molar-refractivity contribution in [3.8, 4) is 17.1 Å². The molecule has 2 N–H and O–H groups in total. The highest BCUT2D eigenvalue weighted by molar-refractivity contribution is 5.68. The van der Waals surface area contributed by atoms with Gasteiger partial charge in [-0.2, -0.15) is 4.68 Å². The van der Waals surface area contributed by atoms with Crippen LogP contribution < -0.4 is 5.73 Å².